The first-order valence-corrected chi connectivity index (χ1v) is 9.53. The SMILES string of the molecule is COC(=O)CC[C@H]1CNC(=O)[C@@H]2[C@@H](CCN2Cc2ccc(C(=O)O)cc2)N1C. The third kappa shape index (κ3) is 4.34. The van der Waals surface area contributed by atoms with Crippen molar-refractivity contribution in [2.24, 2.45) is 0 Å². The average molecular weight is 389 g/mol. The number of carbonyl (C=O) groups excluding carboxylic acids is 2. The van der Waals surface area contributed by atoms with Gasteiger partial charge in [-0.05, 0) is 37.6 Å². The number of esters is 1. The van der Waals surface area contributed by atoms with Gasteiger partial charge in [-0.3, -0.25) is 19.4 Å². The summed E-state index contributed by atoms with van der Waals surface area (Å²) in [6.45, 7) is 1.90. The maximum absolute atomic E-state index is 12.8. The zero-order valence-electron chi connectivity index (χ0n) is 16.3. The fourth-order valence-electron chi connectivity index (χ4n) is 4.20. The van der Waals surface area contributed by atoms with Crippen molar-refractivity contribution in [1.29, 1.82) is 0 Å². The van der Waals surface area contributed by atoms with Crippen LogP contribution in [-0.2, 0) is 20.9 Å². The summed E-state index contributed by atoms with van der Waals surface area (Å²) in [7, 11) is 3.40. The molecule has 0 aliphatic carbocycles. The average Bonchev–Trinajstić information content (AvgIpc) is 3.06. The van der Waals surface area contributed by atoms with Crippen LogP contribution in [0.15, 0.2) is 24.3 Å². The zero-order chi connectivity index (χ0) is 20.3. The van der Waals surface area contributed by atoms with Gasteiger partial charge in [0, 0.05) is 38.1 Å². The van der Waals surface area contributed by atoms with Crippen molar-refractivity contribution in [3.8, 4) is 0 Å². The molecule has 28 heavy (non-hydrogen) atoms. The van der Waals surface area contributed by atoms with E-state index in [1.54, 1.807) is 24.3 Å². The van der Waals surface area contributed by atoms with Gasteiger partial charge in [0.15, 0.2) is 0 Å². The molecule has 0 radical (unpaired) electrons. The highest BCUT2D eigenvalue weighted by Crippen LogP contribution is 2.28. The molecule has 8 heteroatoms. The van der Waals surface area contributed by atoms with Gasteiger partial charge >= 0.3 is 11.9 Å². The number of carbonyl (C=O) groups is 3. The summed E-state index contributed by atoms with van der Waals surface area (Å²) in [6.07, 6.45) is 1.85. The quantitative estimate of drug-likeness (QED) is 0.692. The molecule has 1 aromatic carbocycles. The molecule has 152 valence electrons. The molecular formula is C20H27N3O5. The highest BCUT2D eigenvalue weighted by Gasteiger charge is 2.44. The summed E-state index contributed by atoms with van der Waals surface area (Å²) < 4.78 is 4.73. The van der Waals surface area contributed by atoms with Gasteiger partial charge in [0.25, 0.3) is 0 Å². The van der Waals surface area contributed by atoms with Crippen LogP contribution in [0.2, 0.25) is 0 Å². The van der Waals surface area contributed by atoms with E-state index in [0.29, 0.717) is 25.9 Å². The van der Waals surface area contributed by atoms with Crippen LogP contribution >= 0.6 is 0 Å². The van der Waals surface area contributed by atoms with E-state index in [9.17, 15) is 14.4 Å². The Kier molecular flexibility index (Phi) is 6.31. The van der Waals surface area contributed by atoms with Crippen LogP contribution in [0.1, 0.15) is 35.2 Å². The number of benzene rings is 1. The summed E-state index contributed by atoms with van der Waals surface area (Å²) in [4.78, 5) is 39.6. The second kappa shape index (κ2) is 8.70. The number of aromatic carboxylic acids is 1. The minimum atomic E-state index is -0.949. The number of ether oxygens (including phenoxy) is 1. The molecule has 1 aromatic rings. The Hall–Kier alpha value is -2.45. The second-order valence-electron chi connectivity index (χ2n) is 7.45. The van der Waals surface area contributed by atoms with Gasteiger partial charge in [-0.25, -0.2) is 4.79 Å². The number of fused-ring (bicyclic) bond motifs is 1. The van der Waals surface area contributed by atoms with Gasteiger partial charge in [-0.15, -0.1) is 0 Å². The first-order valence-electron chi connectivity index (χ1n) is 9.53. The number of hydrogen-bond donors (Lipinski definition) is 2. The lowest BCUT2D eigenvalue weighted by atomic mass is 10.0. The van der Waals surface area contributed by atoms with Crippen molar-refractivity contribution in [3.63, 3.8) is 0 Å². The predicted molar refractivity (Wildman–Crippen MR) is 102 cm³/mol. The third-order valence-electron chi connectivity index (χ3n) is 5.85. The summed E-state index contributed by atoms with van der Waals surface area (Å²) in [6, 6.07) is 6.70. The molecule has 8 nitrogen and oxygen atoms in total. The van der Waals surface area contributed by atoms with Crippen LogP contribution in [0, 0.1) is 0 Å². The van der Waals surface area contributed by atoms with Crippen molar-refractivity contribution in [1.82, 2.24) is 15.1 Å². The highest BCUT2D eigenvalue weighted by atomic mass is 16.5. The predicted octanol–water partition coefficient (Wildman–Crippen LogP) is 0.711. The molecule has 2 saturated heterocycles. The number of hydrogen-bond acceptors (Lipinski definition) is 6. The van der Waals surface area contributed by atoms with Crippen molar-refractivity contribution in [2.75, 3.05) is 27.2 Å². The Balaban J connectivity index is 1.68. The number of rotatable bonds is 6. The smallest absolute Gasteiger partial charge is 0.335 e. The van der Waals surface area contributed by atoms with Gasteiger partial charge in [0.1, 0.15) is 6.04 Å². The lowest BCUT2D eigenvalue weighted by Crippen LogP contribution is -2.49. The Morgan fingerprint density at radius 3 is 2.64 bits per heavy atom. The fourth-order valence-corrected chi connectivity index (χ4v) is 4.20. The molecule has 2 N–H and O–H groups in total. The maximum atomic E-state index is 12.8. The largest absolute Gasteiger partial charge is 0.478 e. The van der Waals surface area contributed by atoms with Crippen molar-refractivity contribution in [2.45, 2.75) is 43.9 Å². The van der Waals surface area contributed by atoms with E-state index in [-0.39, 0.29) is 35.6 Å². The molecule has 2 heterocycles. The Morgan fingerprint density at radius 1 is 1.29 bits per heavy atom. The van der Waals surface area contributed by atoms with E-state index in [1.807, 2.05) is 7.05 Å². The summed E-state index contributed by atoms with van der Waals surface area (Å²) in [5.41, 5.74) is 1.23. The van der Waals surface area contributed by atoms with Crippen LogP contribution in [0.3, 0.4) is 0 Å². The fraction of sp³-hybridized carbons (Fsp3) is 0.550. The van der Waals surface area contributed by atoms with Gasteiger partial charge in [0.05, 0.1) is 12.7 Å². The molecule has 0 bridgehead atoms. The first kappa shape index (κ1) is 20.3. The Bertz CT molecular complexity index is 736. The topological polar surface area (TPSA) is 99.2 Å². The van der Waals surface area contributed by atoms with Crippen molar-refractivity contribution >= 4 is 17.8 Å². The summed E-state index contributed by atoms with van der Waals surface area (Å²) in [5, 5.41) is 12.1. The van der Waals surface area contributed by atoms with Crippen LogP contribution in [0.25, 0.3) is 0 Å². The number of likely N-dealkylation sites (N-methyl/N-ethyl adjacent to an activating group) is 1. The molecule has 0 spiro atoms. The molecule has 0 unspecified atom stereocenters. The number of carboxylic acid groups (broad SMARTS) is 1. The van der Waals surface area contributed by atoms with Gasteiger partial charge < -0.3 is 15.2 Å². The van der Waals surface area contributed by atoms with E-state index in [2.05, 4.69) is 15.1 Å². The minimum Gasteiger partial charge on any atom is -0.478 e. The molecule has 2 aliphatic heterocycles. The maximum Gasteiger partial charge on any atom is 0.335 e. The van der Waals surface area contributed by atoms with E-state index >= 15 is 0 Å². The van der Waals surface area contributed by atoms with E-state index in [1.165, 1.54) is 7.11 Å². The first-order chi connectivity index (χ1) is 13.4. The number of amides is 1. The van der Waals surface area contributed by atoms with Crippen molar-refractivity contribution in [3.05, 3.63) is 35.4 Å². The van der Waals surface area contributed by atoms with Crippen LogP contribution < -0.4 is 5.32 Å². The molecule has 1 amide bonds. The molecule has 0 aromatic heterocycles. The van der Waals surface area contributed by atoms with Gasteiger partial charge in [-0.2, -0.15) is 0 Å². The second-order valence-corrected chi connectivity index (χ2v) is 7.45. The van der Waals surface area contributed by atoms with E-state index in [4.69, 9.17) is 9.84 Å². The number of carboxylic acids is 1. The molecule has 0 saturated carbocycles. The van der Waals surface area contributed by atoms with Gasteiger partial charge in [0.2, 0.25) is 5.91 Å². The molecule has 2 fully saturated rings. The van der Waals surface area contributed by atoms with E-state index < -0.39 is 5.97 Å². The number of likely N-dealkylation sites (tertiary alicyclic amines) is 1. The van der Waals surface area contributed by atoms with E-state index in [0.717, 1.165) is 18.5 Å². The monoisotopic (exact) mass is 389 g/mol. The number of nitrogens with one attached hydrogen (secondary N) is 1. The normalized spacial score (nSPS) is 25.6. The van der Waals surface area contributed by atoms with Crippen LogP contribution in [0.5, 0.6) is 0 Å². The van der Waals surface area contributed by atoms with Crippen molar-refractivity contribution < 1.29 is 24.2 Å². The lowest BCUT2D eigenvalue weighted by molar-refractivity contribution is -0.141. The van der Waals surface area contributed by atoms with Gasteiger partial charge in [-0.1, -0.05) is 12.1 Å². The number of nitrogens with zero attached hydrogens (tertiary/aromatic N) is 2. The molecule has 2 aliphatic rings. The lowest BCUT2D eigenvalue weighted by Gasteiger charge is -2.33. The zero-order valence-corrected chi connectivity index (χ0v) is 16.3. The molecular weight excluding hydrogens is 362 g/mol. The Labute approximate surface area is 164 Å². The third-order valence-corrected chi connectivity index (χ3v) is 5.85. The number of methoxy groups -OCH3 is 1. The summed E-state index contributed by atoms with van der Waals surface area (Å²) in [5.74, 6) is -1.17. The van der Waals surface area contributed by atoms with Crippen LogP contribution in [-0.4, -0.2) is 78.1 Å². The Morgan fingerprint density at radius 2 is 2.00 bits per heavy atom. The molecule has 3 rings (SSSR count). The highest BCUT2D eigenvalue weighted by molar-refractivity contribution is 5.87. The van der Waals surface area contributed by atoms with Crippen LogP contribution in [0.4, 0.5) is 0 Å². The summed E-state index contributed by atoms with van der Waals surface area (Å²) >= 11 is 0. The molecule has 3 atom stereocenters. The minimum absolute atomic E-state index is 0.0112. The standard InChI is InChI=1S/C20H27N3O5/c1-22-15(7-8-17(24)28-2)11-21-19(25)18-16(22)9-10-23(18)12-13-3-5-14(6-4-13)20(26)27/h3-6,15-16,18H,7-12H2,1-2H3,(H,21,25)(H,26,27)/t15-,16+,18-/m0/s1.